The van der Waals surface area contributed by atoms with Crippen LogP contribution in [0.5, 0.6) is 0 Å². The predicted molar refractivity (Wildman–Crippen MR) is 76.5 cm³/mol. The number of hydrogen-bond donors (Lipinski definition) is 1. The van der Waals surface area contributed by atoms with Gasteiger partial charge in [-0.1, -0.05) is 0 Å². The van der Waals surface area contributed by atoms with Gasteiger partial charge in [0.15, 0.2) is 0 Å². The van der Waals surface area contributed by atoms with Crippen LogP contribution in [0.2, 0.25) is 0 Å². The zero-order valence-corrected chi connectivity index (χ0v) is 11.5. The summed E-state index contributed by atoms with van der Waals surface area (Å²) in [7, 11) is 1.80. The van der Waals surface area contributed by atoms with Crippen LogP contribution in [0, 0.1) is 0 Å². The van der Waals surface area contributed by atoms with Crippen molar-refractivity contribution in [1.82, 2.24) is 9.88 Å². The Hall–Kier alpha value is -1.88. The van der Waals surface area contributed by atoms with E-state index in [1.54, 1.807) is 36.7 Å². The Kier molecular flexibility index (Phi) is 3.21. The minimum absolute atomic E-state index is 0.0794. The van der Waals surface area contributed by atoms with Crippen LogP contribution in [0.15, 0.2) is 29.8 Å². The molecule has 2 aromatic rings. The highest BCUT2D eigenvalue weighted by Gasteiger charge is 2.22. The fraction of sp³-hybridized carbons (Fsp3) is 0.286. The third kappa shape index (κ3) is 2.33. The topological polar surface area (TPSA) is 45.2 Å². The number of nitrogens with zero attached hydrogens (tertiary/aromatic N) is 2. The lowest BCUT2D eigenvalue weighted by Crippen LogP contribution is -2.35. The van der Waals surface area contributed by atoms with Crippen molar-refractivity contribution in [3.05, 3.63) is 45.8 Å². The van der Waals surface area contributed by atoms with E-state index in [1.807, 2.05) is 4.90 Å². The molecule has 2 aromatic heterocycles. The molecule has 0 unspecified atom stereocenters. The Morgan fingerprint density at radius 3 is 3.21 bits per heavy atom. The van der Waals surface area contributed by atoms with Gasteiger partial charge in [-0.2, -0.15) is 0 Å². The number of thiophene rings is 1. The molecule has 19 heavy (non-hydrogen) atoms. The van der Waals surface area contributed by atoms with Crippen LogP contribution >= 0.6 is 11.3 Å². The van der Waals surface area contributed by atoms with E-state index >= 15 is 0 Å². The number of carbonyl (C=O) groups excluding carboxylic acids is 1. The van der Waals surface area contributed by atoms with E-state index in [4.69, 9.17) is 0 Å². The monoisotopic (exact) mass is 273 g/mol. The average Bonchev–Trinajstić information content (AvgIpc) is 2.94. The molecule has 0 aliphatic carbocycles. The summed E-state index contributed by atoms with van der Waals surface area (Å²) in [6, 6.07) is 5.68. The molecule has 3 rings (SSSR count). The van der Waals surface area contributed by atoms with Crippen LogP contribution in [-0.2, 0) is 13.0 Å². The van der Waals surface area contributed by atoms with Gasteiger partial charge >= 0.3 is 0 Å². The van der Waals surface area contributed by atoms with E-state index in [0.717, 1.165) is 25.3 Å². The maximum Gasteiger partial charge on any atom is 0.254 e. The third-order valence-corrected chi connectivity index (χ3v) is 4.38. The zero-order valence-electron chi connectivity index (χ0n) is 10.7. The smallest absolute Gasteiger partial charge is 0.254 e. The van der Waals surface area contributed by atoms with E-state index in [-0.39, 0.29) is 5.91 Å². The molecule has 0 spiro atoms. The first-order chi connectivity index (χ1) is 9.28. The van der Waals surface area contributed by atoms with Crippen molar-refractivity contribution in [1.29, 1.82) is 0 Å². The lowest BCUT2D eigenvalue weighted by atomic mass is 10.1. The molecule has 0 fully saturated rings. The third-order valence-electron chi connectivity index (χ3n) is 3.36. The SMILES string of the molecule is CNc1cc(C(=O)N2CCc3sccc3C2)ccn1. The molecule has 4 nitrogen and oxygen atoms in total. The Balaban J connectivity index is 1.81. The van der Waals surface area contributed by atoms with Gasteiger partial charge in [0.2, 0.25) is 0 Å². The van der Waals surface area contributed by atoms with Gasteiger partial charge in [-0.25, -0.2) is 4.98 Å². The van der Waals surface area contributed by atoms with Gasteiger partial charge in [-0.3, -0.25) is 4.79 Å². The Bertz CT molecular complexity index is 608. The minimum Gasteiger partial charge on any atom is -0.373 e. The number of aromatic nitrogens is 1. The minimum atomic E-state index is 0.0794. The second-order valence-corrected chi connectivity index (χ2v) is 5.53. The molecule has 1 N–H and O–H groups in total. The van der Waals surface area contributed by atoms with Gasteiger partial charge in [-0.15, -0.1) is 11.3 Å². The molecular weight excluding hydrogens is 258 g/mol. The highest BCUT2D eigenvalue weighted by Crippen LogP contribution is 2.25. The molecule has 0 bridgehead atoms. The van der Waals surface area contributed by atoms with Crippen LogP contribution in [-0.4, -0.2) is 29.4 Å². The summed E-state index contributed by atoms with van der Waals surface area (Å²) in [6.07, 6.45) is 2.63. The van der Waals surface area contributed by atoms with Crippen LogP contribution < -0.4 is 5.32 Å². The van der Waals surface area contributed by atoms with Gasteiger partial charge in [0.1, 0.15) is 5.82 Å². The molecule has 1 aliphatic rings. The summed E-state index contributed by atoms with van der Waals surface area (Å²) in [5, 5.41) is 5.06. The standard InChI is InChI=1S/C14H15N3OS/c1-15-13-8-10(2-5-16-13)14(18)17-6-3-12-11(9-17)4-7-19-12/h2,4-5,7-8H,3,6,9H2,1H3,(H,15,16). The van der Waals surface area contributed by atoms with Crippen molar-refractivity contribution in [2.45, 2.75) is 13.0 Å². The highest BCUT2D eigenvalue weighted by atomic mass is 32.1. The molecule has 3 heterocycles. The van der Waals surface area contributed by atoms with Crippen molar-refractivity contribution in [3.8, 4) is 0 Å². The zero-order chi connectivity index (χ0) is 13.2. The maximum absolute atomic E-state index is 12.5. The largest absolute Gasteiger partial charge is 0.373 e. The van der Waals surface area contributed by atoms with Crippen molar-refractivity contribution >= 4 is 23.1 Å². The summed E-state index contributed by atoms with van der Waals surface area (Å²) in [5.74, 6) is 0.801. The van der Waals surface area contributed by atoms with Gasteiger partial charge in [0.25, 0.3) is 5.91 Å². The quantitative estimate of drug-likeness (QED) is 0.913. The number of hydrogen-bond acceptors (Lipinski definition) is 4. The number of carbonyl (C=O) groups is 1. The fourth-order valence-corrected chi connectivity index (χ4v) is 3.19. The van der Waals surface area contributed by atoms with E-state index in [2.05, 4.69) is 21.7 Å². The van der Waals surface area contributed by atoms with Crippen LogP contribution in [0.1, 0.15) is 20.8 Å². The predicted octanol–water partition coefficient (Wildman–Crippen LogP) is 2.38. The van der Waals surface area contributed by atoms with E-state index in [9.17, 15) is 4.79 Å². The van der Waals surface area contributed by atoms with E-state index in [0.29, 0.717) is 5.56 Å². The molecular formula is C14H15N3OS. The van der Waals surface area contributed by atoms with Crippen LogP contribution in [0.3, 0.4) is 0 Å². The number of pyridine rings is 1. The molecule has 0 saturated carbocycles. The lowest BCUT2D eigenvalue weighted by Gasteiger charge is -2.27. The second-order valence-electron chi connectivity index (χ2n) is 4.53. The summed E-state index contributed by atoms with van der Waals surface area (Å²) >= 11 is 1.78. The first-order valence-corrected chi connectivity index (χ1v) is 7.14. The second kappa shape index (κ2) is 5.01. The molecule has 1 aliphatic heterocycles. The first-order valence-electron chi connectivity index (χ1n) is 6.26. The van der Waals surface area contributed by atoms with Crippen molar-refractivity contribution < 1.29 is 4.79 Å². The maximum atomic E-state index is 12.5. The van der Waals surface area contributed by atoms with Gasteiger partial charge in [0.05, 0.1) is 0 Å². The van der Waals surface area contributed by atoms with Gasteiger partial charge in [0, 0.05) is 36.8 Å². The van der Waals surface area contributed by atoms with Crippen LogP contribution in [0.25, 0.3) is 0 Å². The number of anilines is 1. The van der Waals surface area contributed by atoms with Crippen LogP contribution in [0.4, 0.5) is 5.82 Å². The van der Waals surface area contributed by atoms with Gasteiger partial charge in [-0.05, 0) is 35.6 Å². The summed E-state index contributed by atoms with van der Waals surface area (Å²) in [6.45, 7) is 1.51. The molecule has 0 aromatic carbocycles. The van der Waals surface area contributed by atoms with Gasteiger partial charge < -0.3 is 10.2 Å². The Morgan fingerprint density at radius 1 is 1.47 bits per heavy atom. The molecule has 0 radical (unpaired) electrons. The molecule has 5 heteroatoms. The molecule has 0 atom stereocenters. The summed E-state index contributed by atoms with van der Waals surface area (Å²) in [4.78, 5) is 19.9. The van der Waals surface area contributed by atoms with Crippen molar-refractivity contribution in [2.75, 3.05) is 18.9 Å². The van der Waals surface area contributed by atoms with E-state index in [1.165, 1.54) is 10.4 Å². The van der Waals surface area contributed by atoms with Crippen molar-refractivity contribution in [3.63, 3.8) is 0 Å². The Morgan fingerprint density at radius 2 is 2.37 bits per heavy atom. The molecule has 0 saturated heterocycles. The first kappa shape index (κ1) is 12.2. The van der Waals surface area contributed by atoms with Crippen molar-refractivity contribution in [2.24, 2.45) is 0 Å². The number of nitrogens with one attached hydrogen (secondary N) is 1. The number of amides is 1. The highest BCUT2D eigenvalue weighted by molar-refractivity contribution is 7.10. The normalized spacial score (nSPS) is 14.1. The fourth-order valence-electron chi connectivity index (χ4n) is 2.30. The average molecular weight is 273 g/mol. The number of rotatable bonds is 2. The number of fused-ring (bicyclic) bond motifs is 1. The summed E-state index contributed by atoms with van der Waals surface area (Å²) in [5.41, 5.74) is 1.98. The van der Waals surface area contributed by atoms with E-state index < -0.39 is 0 Å². The lowest BCUT2D eigenvalue weighted by molar-refractivity contribution is 0.0736. The summed E-state index contributed by atoms with van der Waals surface area (Å²) < 4.78 is 0. The molecule has 98 valence electrons. The molecule has 1 amide bonds. The Labute approximate surface area is 116 Å².